The van der Waals surface area contributed by atoms with Gasteiger partial charge in [0.1, 0.15) is 0 Å². The number of rotatable bonds is 3. The highest BCUT2D eigenvalue weighted by Crippen LogP contribution is 2.25. The van der Waals surface area contributed by atoms with Crippen LogP contribution in [0.1, 0.15) is 41.3 Å². The molecule has 2 aromatic carbocycles. The summed E-state index contributed by atoms with van der Waals surface area (Å²) in [4.78, 5) is 43.0. The van der Waals surface area contributed by atoms with Crippen molar-refractivity contribution in [1.29, 1.82) is 0 Å². The summed E-state index contributed by atoms with van der Waals surface area (Å²) in [6.07, 6.45) is 0.414. The third kappa shape index (κ3) is 3.42. The van der Waals surface area contributed by atoms with Gasteiger partial charge in [0.15, 0.2) is 4.80 Å². The van der Waals surface area contributed by atoms with Crippen LogP contribution in [0.4, 0.5) is 5.69 Å². The van der Waals surface area contributed by atoms with Gasteiger partial charge in [-0.3, -0.25) is 19.3 Å². The first kappa shape index (κ1) is 19.3. The molecule has 1 aromatic heterocycles. The van der Waals surface area contributed by atoms with Gasteiger partial charge >= 0.3 is 0 Å². The number of imide groups is 1. The molecule has 0 N–H and O–H groups in total. The number of aromatic nitrogens is 1. The van der Waals surface area contributed by atoms with E-state index in [2.05, 4.69) is 31.0 Å². The molecule has 0 unspecified atom stereocenters. The summed E-state index contributed by atoms with van der Waals surface area (Å²) in [7, 11) is 0. The van der Waals surface area contributed by atoms with E-state index < -0.39 is 5.91 Å². The molecular formula is C22H21N3O3S. The molecule has 0 spiro atoms. The van der Waals surface area contributed by atoms with E-state index >= 15 is 0 Å². The van der Waals surface area contributed by atoms with Crippen LogP contribution in [0.15, 0.2) is 41.4 Å². The fraction of sp³-hybridized carbons (Fsp3) is 0.273. The van der Waals surface area contributed by atoms with E-state index in [1.807, 2.05) is 11.5 Å². The molecule has 148 valence electrons. The number of aryl methyl sites for hydroxylation is 3. The number of carbonyl (C=O) groups is 3. The molecule has 0 atom stereocenters. The molecule has 3 aromatic rings. The monoisotopic (exact) mass is 407 g/mol. The number of benzene rings is 2. The average Bonchev–Trinajstić information content (AvgIpc) is 3.21. The Morgan fingerprint density at radius 1 is 1.10 bits per heavy atom. The smallest absolute Gasteiger partial charge is 0.279 e. The molecule has 0 radical (unpaired) electrons. The van der Waals surface area contributed by atoms with Crippen LogP contribution in [0.3, 0.4) is 0 Å². The maximum atomic E-state index is 12.9. The Morgan fingerprint density at radius 2 is 1.83 bits per heavy atom. The highest BCUT2D eigenvalue weighted by molar-refractivity contribution is 7.16. The summed E-state index contributed by atoms with van der Waals surface area (Å²) in [5.41, 5.74) is 4.17. The predicted molar refractivity (Wildman–Crippen MR) is 113 cm³/mol. The summed E-state index contributed by atoms with van der Waals surface area (Å²) >= 11 is 1.49. The Hall–Kier alpha value is -3.06. The van der Waals surface area contributed by atoms with Gasteiger partial charge in [-0.25, -0.2) is 0 Å². The Kier molecular flexibility index (Phi) is 4.92. The van der Waals surface area contributed by atoms with Gasteiger partial charge in [-0.1, -0.05) is 23.5 Å². The van der Waals surface area contributed by atoms with E-state index in [0.29, 0.717) is 22.6 Å². The zero-order valence-corrected chi connectivity index (χ0v) is 17.4. The van der Waals surface area contributed by atoms with Crippen molar-refractivity contribution in [1.82, 2.24) is 4.57 Å². The largest absolute Gasteiger partial charge is 0.317 e. The van der Waals surface area contributed by atoms with Crippen LogP contribution in [0.5, 0.6) is 0 Å². The van der Waals surface area contributed by atoms with Crippen LogP contribution in [0.25, 0.3) is 10.2 Å². The van der Waals surface area contributed by atoms with E-state index in [0.717, 1.165) is 20.7 Å². The van der Waals surface area contributed by atoms with Crippen molar-refractivity contribution in [2.75, 3.05) is 4.90 Å². The van der Waals surface area contributed by atoms with Gasteiger partial charge in [0.05, 0.1) is 15.9 Å². The molecule has 2 heterocycles. The van der Waals surface area contributed by atoms with Crippen LogP contribution < -0.4 is 9.70 Å². The molecule has 6 nitrogen and oxygen atoms in total. The second kappa shape index (κ2) is 7.40. The maximum Gasteiger partial charge on any atom is 0.279 e. The SMILES string of the molecule is CCn1c(=NC(=O)c2cccc(N3C(=O)CCC3=O)c2)sc2c(C)cc(C)cc21. The van der Waals surface area contributed by atoms with Crippen molar-refractivity contribution in [3.63, 3.8) is 0 Å². The summed E-state index contributed by atoms with van der Waals surface area (Å²) in [5.74, 6) is -0.875. The van der Waals surface area contributed by atoms with Crippen LogP contribution >= 0.6 is 11.3 Å². The summed E-state index contributed by atoms with van der Waals surface area (Å²) < 4.78 is 3.15. The van der Waals surface area contributed by atoms with Crippen LogP contribution in [-0.4, -0.2) is 22.3 Å². The standard InChI is InChI=1S/C22H21N3O3S/c1-4-24-17-11-13(2)10-14(3)20(17)29-22(24)23-21(28)15-6-5-7-16(12-15)25-18(26)8-9-19(25)27/h5-7,10-12H,4,8-9H2,1-3H3. The lowest BCUT2D eigenvalue weighted by Gasteiger charge is -2.14. The number of nitrogens with zero attached hydrogens (tertiary/aromatic N) is 3. The quantitative estimate of drug-likeness (QED) is 0.621. The first-order chi connectivity index (χ1) is 13.9. The van der Waals surface area contributed by atoms with Gasteiger partial charge in [-0.05, 0) is 56.2 Å². The average molecular weight is 407 g/mol. The lowest BCUT2D eigenvalue weighted by molar-refractivity contribution is -0.121. The molecule has 3 amide bonds. The molecule has 29 heavy (non-hydrogen) atoms. The van der Waals surface area contributed by atoms with Gasteiger partial charge in [-0.15, -0.1) is 0 Å². The van der Waals surface area contributed by atoms with Gasteiger partial charge in [-0.2, -0.15) is 4.99 Å². The van der Waals surface area contributed by atoms with E-state index in [9.17, 15) is 14.4 Å². The van der Waals surface area contributed by atoms with Gasteiger partial charge in [0.25, 0.3) is 5.91 Å². The van der Waals surface area contributed by atoms with E-state index in [-0.39, 0.29) is 24.7 Å². The maximum absolute atomic E-state index is 12.9. The Balaban J connectivity index is 1.77. The van der Waals surface area contributed by atoms with E-state index in [1.165, 1.54) is 16.9 Å². The molecule has 1 fully saturated rings. The molecule has 7 heteroatoms. The Bertz CT molecular complexity index is 1220. The van der Waals surface area contributed by atoms with Crippen molar-refractivity contribution in [3.05, 3.63) is 57.9 Å². The van der Waals surface area contributed by atoms with Crippen molar-refractivity contribution >= 4 is 45.0 Å². The highest BCUT2D eigenvalue weighted by atomic mass is 32.1. The zero-order chi connectivity index (χ0) is 20.7. The lowest BCUT2D eigenvalue weighted by Crippen LogP contribution is -2.28. The number of anilines is 1. The molecule has 1 aliphatic heterocycles. The molecule has 0 bridgehead atoms. The minimum absolute atomic E-state index is 0.207. The second-order valence-corrected chi connectivity index (χ2v) is 8.13. The zero-order valence-electron chi connectivity index (χ0n) is 16.6. The number of thiazole rings is 1. The van der Waals surface area contributed by atoms with Crippen LogP contribution in [0.2, 0.25) is 0 Å². The second-order valence-electron chi connectivity index (χ2n) is 7.15. The predicted octanol–water partition coefficient (Wildman–Crippen LogP) is 3.73. The lowest BCUT2D eigenvalue weighted by atomic mass is 10.1. The third-order valence-corrected chi connectivity index (χ3v) is 6.26. The van der Waals surface area contributed by atoms with Crippen molar-refractivity contribution in [2.45, 2.75) is 40.2 Å². The topological polar surface area (TPSA) is 71.7 Å². The molecule has 4 rings (SSSR count). The highest BCUT2D eigenvalue weighted by Gasteiger charge is 2.30. The molecule has 1 saturated heterocycles. The van der Waals surface area contributed by atoms with E-state index in [1.54, 1.807) is 24.3 Å². The molecule has 0 saturated carbocycles. The normalized spacial score (nSPS) is 15.0. The Morgan fingerprint density at radius 3 is 2.52 bits per heavy atom. The molecule has 0 aliphatic carbocycles. The minimum atomic E-state index is -0.394. The van der Waals surface area contributed by atoms with Gasteiger partial charge in [0.2, 0.25) is 11.8 Å². The van der Waals surface area contributed by atoms with Gasteiger partial charge < -0.3 is 4.57 Å². The van der Waals surface area contributed by atoms with Crippen molar-refractivity contribution in [3.8, 4) is 0 Å². The molecular weight excluding hydrogens is 386 g/mol. The first-order valence-electron chi connectivity index (χ1n) is 9.54. The first-order valence-corrected chi connectivity index (χ1v) is 10.4. The van der Waals surface area contributed by atoms with Crippen molar-refractivity contribution in [2.24, 2.45) is 4.99 Å². The van der Waals surface area contributed by atoms with Gasteiger partial charge in [0, 0.05) is 24.9 Å². The van der Waals surface area contributed by atoms with E-state index in [4.69, 9.17) is 0 Å². The Labute approximate surface area is 172 Å². The number of fused-ring (bicyclic) bond motifs is 1. The summed E-state index contributed by atoms with van der Waals surface area (Å²) in [5, 5.41) is 0. The number of carbonyl (C=O) groups excluding carboxylic acids is 3. The third-order valence-electron chi connectivity index (χ3n) is 5.03. The summed E-state index contributed by atoms with van der Waals surface area (Å²) in [6.45, 7) is 6.84. The summed E-state index contributed by atoms with van der Waals surface area (Å²) in [6, 6.07) is 10.8. The fourth-order valence-corrected chi connectivity index (χ4v) is 4.84. The number of hydrogen-bond donors (Lipinski definition) is 0. The fourth-order valence-electron chi connectivity index (χ4n) is 3.70. The number of amides is 3. The minimum Gasteiger partial charge on any atom is -0.317 e. The molecule has 1 aliphatic rings. The number of hydrogen-bond acceptors (Lipinski definition) is 4. The van der Waals surface area contributed by atoms with Crippen LogP contribution in [0, 0.1) is 13.8 Å². The van der Waals surface area contributed by atoms with Crippen molar-refractivity contribution < 1.29 is 14.4 Å². The van der Waals surface area contributed by atoms with Crippen LogP contribution in [-0.2, 0) is 16.1 Å².